The second-order valence-electron chi connectivity index (χ2n) is 5.81. The van der Waals surface area contributed by atoms with Crippen LogP contribution in [0.4, 0.5) is 24.8 Å². The van der Waals surface area contributed by atoms with E-state index in [0.717, 1.165) is 17.7 Å². The number of nitrogens with zero attached hydrogens (tertiary/aromatic N) is 2. The number of benzene rings is 2. The summed E-state index contributed by atoms with van der Waals surface area (Å²) in [6.07, 6.45) is -4.81. The zero-order chi connectivity index (χ0) is 20.3. The maximum atomic E-state index is 12.3. The van der Waals surface area contributed by atoms with Crippen molar-refractivity contribution in [2.75, 3.05) is 5.32 Å². The van der Waals surface area contributed by atoms with Gasteiger partial charge in [0.2, 0.25) is 5.95 Å². The molecular formula is C19H13F3N4O2. The molecule has 142 valence electrons. The smallest absolute Gasteiger partial charge is 0.406 e. The second kappa shape index (κ2) is 7.44. The Hall–Kier alpha value is -3.80. The molecule has 3 rings (SSSR count). The molecule has 0 saturated heterocycles. The van der Waals surface area contributed by atoms with Crippen LogP contribution in [0.25, 0.3) is 11.3 Å². The number of rotatable bonds is 4. The van der Waals surface area contributed by atoms with E-state index in [-0.39, 0.29) is 17.2 Å². The first-order chi connectivity index (χ1) is 13.2. The molecule has 0 aliphatic heterocycles. The summed E-state index contributed by atoms with van der Waals surface area (Å²) in [7, 11) is 0. The van der Waals surface area contributed by atoms with Crippen molar-refractivity contribution in [2.45, 2.75) is 13.3 Å². The first kappa shape index (κ1) is 19.0. The van der Waals surface area contributed by atoms with Gasteiger partial charge in [0, 0.05) is 11.3 Å². The Morgan fingerprint density at radius 3 is 2.32 bits per heavy atom. The highest BCUT2D eigenvalue weighted by atomic mass is 19.4. The third-order valence-electron chi connectivity index (χ3n) is 3.71. The van der Waals surface area contributed by atoms with Gasteiger partial charge in [-0.1, -0.05) is 17.7 Å². The maximum Gasteiger partial charge on any atom is 0.573 e. The zero-order valence-electron chi connectivity index (χ0n) is 14.5. The molecule has 2 N–H and O–H groups in total. The van der Waals surface area contributed by atoms with E-state index in [1.807, 2.05) is 19.1 Å². The molecule has 0 amide bonds. The van der Waals surface area contributed by atoms with Crippen molar-refractivity contribution < 1.29 is 17.9 Å². The zero-order valence-corrected chi connectivity index (χ0v) is 14.5. The number of anilines is 2. The number of aryl methyl sites for hydroxylation is 1. The Bertz CT molecular complexity index is 1080. The molecule has 0 aliphatic rings. The standard InChI is InChI=1S/C19H13F3N4O2/c1-11-2-6-13(7-3-11)24-18-25-16(15(10-23)17(27)26-18)12-4-8-14(9-5-12)28-19(20,21)22/h2-9H,1H3,(H2,24,25,26,27). The largest absolute Gasteiger partial charge is 0.573 e. The molecule has 0 aliphatic carbocycles. The number of ether oxygens (including phenoxy) is 1. The van der Waals surface area contributed by atoms with E-state index in [1.165, 1.54) is 12.1 Å². The van der Waals surface area contributed by atoms with E-state index in [2.05, 4.69) is 20.0 Å². The van der Waals surface area contributed by atoms with E-state index in [4.69, 9.17) is 0 Å². The number of aromatic amines is 1. The Morgan fingerprint density at radius 1 is 1.11 bits per heavy atom. The van der Waals surface area contributed by atoms with E-state index in [9.17, 15) is 23.2 Å². The maximum absolute atomic E-state index is 12.3. The fourth-order valence-electron chi connectivity index (χ4n) is 2.43. The molecule has 1 aromatic heterocycles. The van der Waals surface area contributed by atoms with Gasteiger partial charge in [0.1, 0.15) is 17.4 Å². The predicted octanol–water partition coefficient (Wildman–Crippen LogP) is 4.26. The van der Waals surface area contributed by atoms with Crippen molar-refractivity contribution in [3.05, 3.63) is 70.0 Å². The predicted molar refractivity (Wildman–Crippen MR) is 96.2 cm³/mol. The summed E-state index contributed by atoms with van der Waals surface area (Å²) in [5.74, 6) is -0.323. The Labute approximate surface area is 157 Å². The summed E-state index contributed by atoms with van der Waals surface area (Å²) in [6, 6.07) is 13.8. The van der Waals surface area contributed by atoms with E-state index < -0.39 is 17.7 Å². The number of H-pyrrole nitrogens is 1. The SMILES string of the molecule is Cc1ccc(Nc2nc(-c3ccc(OC(F)(F)F)cc3)c(C#N)c(=O)[nH]2)cc1. The molecule has 1 heterocycles. The van der Waals surface area contributed by atoms with Crippen LogP contribution in [-0.2, 0) is 0 Å². The van der Waals surface area contributed by atoms with Crippen LogP contribution in [0, 0.1) is 18.3 Å². The number of aromatic nitrogens is 2. The van der Waals surface area contributed by atoms with Gasteiger partial charge in [-0.2, -0.15) is 5.26 Å². The summed E-state index contributed by atoms with van der Waals surface area (Å²) in [6.45, 7) is 1.93. The van der Waals surface area contributed by atoms with Gasteiger partial charge < -0.3 is 10.1 Å². The molecule has 0 unspecified atom stereocenters. The Morgan fingerprint density at radius 2 is 1.75 bits per heavy atom. The molecule has 3 aromatic rings. The number of halogens is 3. The average Bonchev–Trinajstić information content (AvgIpc) is 2.62. The number of nitriles is 1. The average molecular weight is 386 g/mol. The van der Waals surface area contributed by atoms with Crippen LogP contribution in [0.5, 0.6) is 5.75 Å². The lowest BCUT2D eigenvalue weighted by Gasteiger charge is -2.11. The lowest BCUT2D eigenvalue weighted by atomic mass is 10.1. The molecule has 6 nitrogen and oxygen atoms in total. The molecule has 0 radical (unpaired) electrons. The van der Waals surface area contributed by atoms with Crippen molar-refractivity contribution in [2.24, 2.45) is 0 Å². The summed E-state index contributed by atoms with van der Waals surface area (Å²) >= 11 is 0. The normalized spacial score (nSPS) is 11.0. The van der Waals surface area contributed by atoms with Gasteiger partial charge in [-0.05, 0) is 43.3 Å². The van der Waals surface area contributed by atoms with Gasteiger partial charge >= 0.3 is 6.36 Å². The van der Waals surface area contributed by atoms with E-state index in [0.29, 0.717) is 11.3 Å². The minimum atomic E-state index is -4.81. The van der Waals surface area contributed by atoms with Gasteiger partial charge in [0.25, 0.3) is 5.56 Å². The van der Waals surface area contributed by atoms with Gasteiger partial charge in [0.15, 0.2) is 0 Å². The van der Waals surface area contributed by atoms with Gasteiger partial charge in [0.05, 0.1) is 5.69 Å². The first-order valence-corrected chi connectivity index (χ1v) is 7.99. The molecule has 0 bridgehead atoms. The Balaban J connectivity index is 1.97. The molecule has 2 aromatic carbocycles. The monoisotopic (exact) mass is 386 g/mol. The fraction of sp³-hybridized carbons (Fsp3) is 0.105. The molecule has 0 atom stereocenters. The molecule has 0 fully saturated rings. The van der Waals surface area contributed by atoms with E-state index in [1.54, 1.807) is 18.2 Å². The third-order valence-corrected chi connectivity index (χ3v) is 3.71. The number of hydrogen-bond donors (Lipinski definition) is 2. The Kier molecular flexibility index (Phi) is 5.04. The molecule has 0 saturated carbocycles. The quantitative estimate of drug-likeness (QED) is 0.699. The topological polar surface area (TPSA) is 90.8 Å². The van der Waals surface area contributed by atoms with E-state index >= 15 is 0 Å². The van der Waals surface area contributed by atoms with Crippen LogP contribution in [0.15, 0.2) is 53.3 Å². The van der Waals surface area contributed by atoms with Crippen molar-refractivity contribution in [3.8, 4) is 23.1 Å². The number of alkyl halides is 3. The van der Waals surface area contributed by atoms with Crippen molar-refractivity contribution in [1.82, 2.24) is 9.97 Å². The highest BCUT2D eigenvalue weighted by Gasteiger charge is 2.31. The summed E-state index contributed by atoms with van der Waals surface area (Å²) in [5, 5.41) is 12.2. The molecule has 0 spiro atoms. The summed E-state index contributed by atoms with van der Waals surface area (Å²) < 4.78 is 40.7. The second-order valence-corrected chi connectivity index (χ2v) is 5.81. The minimum absolute atomic E-state index is 0.0411. The highest BCUT2D eigenvalue weighted by Crippen LogP contribution is 2.27. The van der Waals surface area contributed by atoms with Gasteiger partial charge in [-0.15, -0.1) is 13.2 Å². The minimum Gasteiger partial charge on any atom is -0.406 e. The third kappa shape index (κ3) is 4.48. The number of hydrogen-bond acceptors (Lipinski definition) is 5. The molecule has 28 heavy (non-hydrogen) atoms. The fourth-order valence-corrected chi connectivity index (χ4v) is 2.43. The lowest BCUT2D eigenvalue weighted by Crippen LogP contribution is -2.17. The van der Waals surface area contributed by atoms with Crippen molar-refractivity contribution >= 4 is 11.6 Å². The first-order valence-electron chi connectivity index (χ1n) is 7.99. The van der Waals surface area contributed by atoms with Crippen LogP contribution in [-0.4, -0.2) is 16.3 Å². The summed E-state index contributed by atoms with van der Waals surface area (Å²) in [5.41, 5.74) is 1.13. The van der Waals surface area contributed by atoms with Crippen molar-refractivity contribution in [3.63, 3.8) is 0 Å². The van der Waals surface area contributed by atoms with Crippen molar-refractivity contribution in [1.29, 1.82) is 5.26 Å². The highest BCUT2D eigenvalue weighted by molar-refractivity contribution is 5.68. The summed E-state index contributed by atoms with van der Waals surface area (Å²) in [4.78, 5) is 18.9. The van der Waals surface area contributed by atoms with Crippen LogP contribution < -0.4 is 15.6 Å². The van der Waals surface area contributed by atoms with Crippen LogP contribution in [0.3, 0.4) is 0 Å². The lowest BCUT2D eigenvalue weighted by molar-refractivity contribution is -0.274. The molecule has 9 heteroatoms. The molecular weight excluding hydrogens is 373 g/mol. The van der Waals surface area contributed by atoms with Crippen LogP contribution in [0.2, 0.25) is 0 Å². The van der Waals surface area contributed by atoms with Crippen LogP contribution in [0.1, 0.15) is 11.1 Å². The van der Waals surface area contributed by atoms with Gasteiger partial charge in [-0.3, -0.25) is 9.78 Å². The number of nitrogens with one attached hydrogen (secondary N) is 2. The van der Waals surface area contributed by atoms with Crippen LogP contribution >= 0.6 is 0 Å². The van der Waals surface area contributed by atoms with Gasteiger partial charge in [-0.25, -0.2) is 4.98 Å².